The highest BCUT2D eigenvalue weighted by molar-refractivity contribution is 6.17. The van der Waals surface area contributed by atoms with Crippen LogP contribution in [0.5, 0.6) is 0 Å². The van der Waals surface area contributed by atoms with Gasteiger partial charge in [0.15, 0.2) is 22.3 Å². The molecule has 4 heterocycles. The zero-order valence-corrected chi connectivity index (χ0v) is 44.7. The molecule has 0 fully saturated rings. The van der Waals surface area contributed by atoms with Crippen LogP contribution >= 0.6 is 0 Å². The maximum atomic E-state index is 7.47. The summed E-state index contributed by atoms with van der Waals surface area (Å²) in [6.07, 6.45) is 0. The second-order valence-electron chi connectivity index (χ2n) is 22.9. The Kier molecular flexibility index (Phi) is 10.1. The standard InChI is InChI=1S/C71H54N4O4/c1-69(2,3)67-72-61-55(74(45-29-15-9-16-30-45)53-37-23-35-49-47-33-19-21-39-57(47)76-63(49)53)41-51-59(65(61)78-67)60-52(71(51,43-25-11-7-12-26-43)44-27-13-8-14-28-44)42-56(62-66(60)79-68(73-62)70(4,5)6)75(46-31-17-10-18-32-46)54-38-24-36-50-48-34-20-22-40-58(48)77-64(50)54/h7-42H,1-6H3. The fraction of sp³-hybridized carbons (Fsp3) is 0.127. The minimum atomic E-state index is -0.996. The van der Waals surface area contributed by atoms with Gasteiger partial charge < -0.3 is 27.5 Å². The molecule has 15 rings (SSSR count). The molecule has 0 N–H and O–H groups in total. The van der Waals surface area contributed by atoms with Gasteiger partial charge in [0.05, 0.1) is 28.2 Å². The van der Waals surface area contributed by atoms with Crippen molar-refractivity contribution in [2.45, 2.75) is 57.8 Å². The molecule has 0 aliphatic heterocycles. The zero-order valence-electron chi connectivity index (χ0n) is 44.7. The molecule has 4 aromatic heterocycles. The van der Waals surface area contributed by atoms with Crippen LogP contribution in [0.25, 0.3) is 77.2 Å². The van der Waals surface area contributed by atoms with Gasteiger partial charge in [0, 0.05) is 54.9 Å². The molecule has 0 spiro atoms. The van der Waals surface area contributed by atoms with Crippen molar-refractivity contribution in [3.8, 4) is 11.1 Å². The van der Waals surface area contributed by atoms with Gasteiger partial charge >= 0.3 is 0 Å². The summed E-state index contributed by atoms with van der Waals surface area (Å²) in [6, 6.07) is 77.0. The molecule has 14 aromatic rings. The van der Waals surface area contributed by atoms with E-state index in [2.05, 4.69) is 245 Å². The third-order valence-electron chi connectivity index (χ3n) is 15.8. The number of oxazole rings is 2. The first-order valence-electron chi connectivity index (χ1n) is 27.1. The lowest BCUT2D eigenvalue weighted by molar-refractivity contribution is 0.410. The van der Waals surface area contributed by atoms with E-state index in [0.717, 1.165) is 111 Å². The van der Waals surface area contributed by atoms with E-state index in [1.807, 2.05) is 24.3 Å². The lowest BCUT2D eigenvalue weighted by Gasteiger charge is -2.35. The topological polar surface area (TPSA) is 84.8 Å². The molecule has 79 heavy (non-hydrogen) atoms. The number of nitrogens with zero attached hydrogens (tertiary/aromatic N) is 4. The second kappa shape index (κ2) is 17.2. The van der Waals surface area contributed by atoms with Gasteiger partial charge in [-0.2, -0.15) is 0 Å². The molecule has 0 unspecified atom stereocenters. The van der Waals surface area contributed by atoms with Crippen molar-refractivity contribution in [3.63, 3.8) is 0 Å². The van der Waals surface area contributed by atoms with E-state index >= 15 is 0 Å². The van der Waals surface area contributed by atoms with Crippen LogP contribution in [0, 0.1) is 0 Å². The SMILES string of the molecule is CC(C)(C)c1nc2c(N(c3ccccc3)c3cccc4c3oc3ccccc34)cc3c(c2o1)-c1c(cc(N(c2ccccc2)c2cccc4c2oc2ccccc24)c2nc(C(C)(C)C)oc12)C3(c1ccccc1)c1ccccc1. The van der Waals surface area contributed by atoms with E-state index in [-0.39, 0.29) is 0 Å². The van der Waals surface area contributed by atoms with Gasteiger partial charge in [-0.25, -0.2) is 9.97 Å². The summed E-state index contributed by atoms with van der Waals surface area (Å²) in [5.41, 5.74) is 15.2. The van der Waals surface area contributed by atoms with Crippen LogP contribution in [0.1, 0.15) is 75.6 Å². The Labute approximate surface area is 456 Å². The average molecular weight is 1030 g/mol. The second-order valence-corrected chi connectivity index (χ2v) is 22.9. The number of rotatable bonds is 8. The molecule has 8 heteroatoms. The molecule has 10 aromatic carbocycles. The number of furan rings is 2. The maximum Gasteiger partial charge on any atom is 0.200 e. The van der Waals surface area contributed by atoms with Crippen LogP contribution in [0.2, 0.25) is 0 Å². The molecule has 0 atom stereocenters. The van der Waals surface area contributed by atoms with Gasteiger partial charge in [-0.1, -0.05) is 199 Å². The lowest BCUT2D eigenvalue weighted by Crippen LogP contribution is -2.29. The third kappa shape index (κ3) is 6.93. The summed E-state index contributed by atoms with van der Waals surface area (Å²) in [5, 5.41) is 4.14. The van der Waals surface area contributed by atoms with Crippen molar-refractivity contribution in [2.24, 2.45) is 0 Å². The number of para-hydroxylation sites is 6. The summed E-state index contributed by atoms with van der Waals surface area (Å²) in [5.74, 6) is 1.22. The lowest BCUT2D eigenvalue weighted by atomic mass is 9.67. The van der Waals surface area contributed by atoms with Crippen molar-refractivity contribution in [3.05, 3.63) is 252 Å². The first kappa shape index (κ1) is 46.6. The third-order valence-corrected chi connectivity index (χ3v) is 15.8. The van der Waals surface area contributed by atoms with E-state index in [1.165, 1.54) is 0 Å². The summed E-state index contributed by atoms with van der Waals surface area (Å²) in [4.78, 5) is 15.8. The molecule has 382 valence electrons. The van der Waals surface area contributed by atoms with Crippen LogP contribution < -0.4 is 9.80 Å². The van der Waals surface area contributed by atoms with Crippen molar-refractivity contribution >= 4 is 100 Å². The van der Waals surface area contributed by atoms with E-state index < -0.39 is 16.2 Å². The molecule has 0 amide bonds. The highest BCUT2D eigenvalue weighted by Crippen LogP contribution is 2.63. The summed E-state index contributed by atoms with van der Waals surface area (Å²) in [7, 11) is 0. The van der Waals surface area contributed by atoms with Gasteiger partial charge in [0.2, 0.25) is 11.8 Å². The largest absolute Gasteiger partial charge is 0.454 e. The fourth-order valence-electron chi connectivity index (χ4n) is 12.3. The van der Waals surface area contributed by atoms with Gasteiger partial charge in [-0.15, -0.1) is 0 Å². The molecule has 1 aliphatic rings. The normalized spacial score (nSPS) is 13.3. The number of hydrogen-bond donors (Lipinski definition) is 0. The Morgan fingerprint density at radius 2 is 0.696 bits per heavy atom. The van der Waals surface area contributed by atoms with Crippen LogP contribution in [-0.4, -0.2) is 9.97 Å². The number of fused-ring (bicyclic) bond motifs is 13. The first-order chi connectivity index (χ1) is 38.5. The van der Waals surface area contributed by atoms with E-state index in [1.54, 1.807) is 0 Å². The Hall–Kier alpha value is -9.66. The predicted molar refractivity (Wildman–Crippen MR) is 320 cm³/mol. The van der Waals surface area contributed by atoms with Crippen molar-refractivity contribution < 1.29 is 17.7 Å². The molecule has 8 nitrogen and oxygen atoms in total. The Bertz CT molecular complexity index is 4390. The number of anilines is 6. The minimum absolute atomic E-state index is 0.477. The number of hydrogen-bond acceptors (Lipinski definition) is 8. The van der Waals surface area contributed by atoms with Crippen molar-refractivity contribution in [1.29, 1.82) is 0 Å². The Balaban J connectivity index is 1.14. The minimum Gasteiger partial charge on any atom is -0.454 e. The molecular weight excluding hydrogens is 973 g/mol. The zero-order chi connectivity index (χ0) is 53.4. The molecule has 1 aliphatic carbocycles. The molecule has 0 bridgehead atoms. The monoisotopic (exact) mass is 1030 g/mol. The summed E-state index contributed by atoms with van der Waals surface area (Å²) in [6.45, 7) is 12.9. The quantitative estimate of drug-likeness (QED) is 0.149. The van der Waals surface area contributed by atoms with Crippen LogP contribution in [0.4, 0.5) is 34.1 Å². The van der Waals surface area contributed by atoms with Crippen LogP contribution in [0.15, 0.2) is 236 Å². The predicted octanol–water partition coefficient (Wildman–Crippen LogP) is 19.7. The molecule has 0 saturated heterocycles. The molecule has 0 saturated carbocycles. The average Bonchev–Trinajstić information content (AvgIpc) is 4.52. The van der Waals surface area contributed by atoms with Gasteiger partial charge in [-0.3, -0.25) is 0 Å². The summed E-state index contributed by atoms with van der Waals surface area (Å²) < 4.78 is 28.8. The van der Waals surface area contributed by atoms with Gasteiger partial charge in [0.25, 0.3) is 0 Å². The van der Waals surface area contributed by atoms with Gasteiger partial charge in [0.1, 0.15) is 22.2 Å². The highest BCUT2D eigenvalue weighted by atomic mass is 16.4. The molecular formula is C71H54N4O4. The number of benzene rings is 10. The smallest absolute Gasteiger partial charge is 0.200 e. The van der Waals surface area contributed by atoms with Crippen LogP contribution in [-0.2, 0) is 16.2 Å². The maximum absolute atomic E-state index is 7.47. The van der Waals surface area contributed by atoms with Crippen molar-refractivity contribution in [2.75, 3.05) is 9.80 Å². The summed E-state index contributed by atoms with van der Waals surface area (Å²) >= 11 is 0. The number of aromatic nitrogens is 2. The van der Waals surface area contributed by atoms with E-state index in [9.17, 15) is 0 Å². The van der Waals surface area contributed by atoms with Crippen molar-refractivity contribution in [1.82, 2.24) is 9.97 Å². The van der Waals surface area contributed by atoms with E-state index in [0.29, 0.717) is 34.0 Å². The van der Waals surface area contributed by atoms with Gasteiger partial charge in [-0.05, 0) is 82.9 Å². The van der Waals surface area contributed by atoms with E-state index in [4.69, 9.17) is 27.6 Å². The Morgan fingerprint density at radius 1 is 0.342 bits per heavy atom. The highest BCUT2D eigenvalue weighted by Gasteiger charge is 2.51. The van der Waals surface area contributed by atoms with Crippen LogP contribution in [0.3, 0.4) is 0 Å². The Morgan fingerprint density at radius 3 is 1.09 bits per heavy atom. The molecule has 0 radical (unpaired) electrons. The fourth-order valence-corrected chi connectivity index (χ4v) is 12.3. The first-order valence-corrected chi connectivity index (χ1v) is 27.1.